The lowest BCUT2D eigenvalue weighted by molar-refractivity contribution is 0.137. The summed E-state index contributed by atoms with van der Waals surface area (Å²) in [5, 5.41) is 9.70. The fourth-order valence-electron chi connectivity index (χ4n) is 5.63. The molecule has 3 N–H and O–H groups in total. The lowest BCUT2D eigenvalue weighted by atomic mass is 9.85. The van der Waals surface area contributed by atoms with Crippen LogP contribution in [0.1, 0.15) is 55.4 Å². The van der Waals surface area contributed by atoms with E-state index in [1.807, 2.05) is 19.1 Å². The first kappa shape index (κ1) is 25.8. The van der Waals surface area contributed by atoms with E-state index >= 15 is 0 Å². The standard InChI is InChI=1S/C28H32Cl2N6O/c1-18(26-22(29)16-33-17-23(26)30)37-20-5-6-24(31)21(14-20)27(32)19-4-7-25(34-15-19)36-12-9-28(10-13-36)8-3-11-35(28)2/h4-7,14-18,32H,3,8-13,31H2,1-2H3/t18-/m1/s1. The Kier molecular flexibility index (Phi) is 7.30. The van der Waals surface area contributed by atoms with Gasteiger partial charge in [0.05, 0.1) is 15.8 Å². The number of rotatable bonds is 6. The van der Waals surface area contributed by atoms with Crippen LogP contribution in [0.25, 0.3) is 0 Å². The molecule has 2 aromatic heterocycles. The summed E-state index contributed by atoms with van der Waals surface area (Å²) in [5.74, 6) is 1.52. The second-order valence-corrected chi connectivity index (χ2v) is 10.9. The first-order valence-corrected chi connectivity index (χ1v) is 13.4. The van der Waals surface area contributed by atoms with Crippen molar-refractivity contribution in [3.05, 3.63) is 75.7 Å². The Hall–Kier alpha value is -2.87. The number of hydrogen-bond acceptors (Lipinski definition) is 7. The minimum absolute atomic E-state index is 0.291. The maximum atomic E-state index is 8.82. The molecule has 3 aromatic rings. The molecule has 0 unspecified atom stereocenters. The van der Waals surface area contributed by atoms with Gasteiger partial charge in [0.1, 0.15) is 17.7 Å². The first-order chi connectivity index (χ1) is 17.8. The van der Waals surface area contributed by atoms with Gasteiger partial charge >= 0.3 is 0 Å². The van der Waals surface area contributed by atoms with Crippen molar-refractivity contribution in [2.24, 2.45) is 0 Å². The number of aromatic nitrogens is 2. The van der Waals surface area contributed by atoms with Crippen LogP contribution in [-0.2, 0) is 0 Å². The molecule has 1 aromatic carbocycles. The molecule has 2 aliphatic heterocycles. The SMILES string of the molecule is C[C@@H](Oc1ccc(N)c(C(=N)c2ccc(N3CCC4(CCCN4C)CC3)nc2)c1)c1c(Cl)cncc1Cl. The minimum Gasteiger partial charge on any atom is -0.486 e. The van der Waals surface area contributed by atoms with E-state index in [0.717, 1.165) is 18.9 Å². The zero-order valence-electron chi connectivity index (χ0n) is 21.2. The summed E-state index contributed by atoms with van der Waals surface area (Å²) in [4.78, 5) is 13.6. The van der Waals surface area contributed by atoms with Gasteiger partial charge in [0.15, 0.2) is 0 Å². The molecule has 1 atom stereocenters. The van der Waals surface area contributed by atoms with Crippen LogP contribution in [0.5, 0.6) is 5.75 Å². The Labute approximate surface area is 228 Å². The van der Waals surface area contributed by atoms with E-state index in [1.54, 1.807) is 36.8 Å². The zero-order chi connectivity index (χ0) is 26.2. The Morgan fingerprint density at radius 2 is 1.78 bits per heavy atom. The molecule has 0 aliphatic carbocycles. The summed E-state index contributed by atoms with van der Waals surface area (Å²) in [6.45, 7) is 5.08. The highest BCUT2D eigenvalue weighted by molar-refractivity contribution is 6.35. The molecule has 1 spiro atoms. The Bertz CT molecular complexity index is 1270. The molecule has 0 saturated carbocycles. The fourth-order valence-corrected chi connectivity index (χ4v) is 6.30. The van der Waals surface area contributed by atoms with Crippen molar-refractivity contribution in [2.75, 3.05) is 37.3 Å². The van der Waals surface area contributed by atoms with Crippen molar-refractivity contribution in [1.82, 2.24) is 14.9 Å². The molecule has 9 heteroatoms. The number of anilines is 2. The van der Waals surface area contributed by atoms with Crippen molar-refractivity contribution in [3.8, 4) is 5.75 Å². The summed E-state index contributed by atoms with van der Waals surface area (Å²) < 4.78 is 6.11. The molecule has 7 nitrogen and oxygen atoms in total. The third-order valence-electron chi connectivity index (χ3n) is 7.90. The highest BCUT2D eigenvalue weighted by Crippen LogP contribution is 2.38. The third-order valence-corrected chi connectivity index (χ3v) is 8.51. The molecule has 37 heavy (non-hydrogen) atoms. The Morgan fingerprint density at radius 3 is 2.41 bits per heavy atom. The van der Waals surface area contributed by atoms with E-state index in [-0.39, 0.29) is 0 Å². The van der Waals surface area contributed by atoms with Crippen LogP contribution in [0, 0.1) is 5.41 Å². The van der Waals surface area contributed by atoms with E-state index in [0.29, 0.717) is 49.4 Å². The predicted molar refractivity (Wildman–Crippen MR) is 150 cm³/mol. The topological polar surface area (TPSA) is 91.4 Å². The summed E-state index contributed by atoms with van der Waals surface area (Å²) in [6.07, 6.45) is 9.35. The van der Waals surface area contributed by atoms with Crippen LogP contribution in [0.15, 0.2) is 48.9 Å². The maximum Gasteiger partial charge on any atom is 0.128 e. The molecular weight excluding hydrogens is 507 g/mol. The number of ether oxygens (including phenoxy) is 1. The van der Waals surface area contributed by atoms with Gasteiger partial charge in [0, 0.05) is 59.6 Å². The van der Waals surface area contributed by atoms with Crippen LogP contribution in [0.3, 0.4) is 0 Å². The van der Waals surface area contributed by atoms with Crippen LogP contribution in [-0.4, -0.2) is 52.8 Å². The third kappa shape index (κ3) is 5.13. The number of pyridine rings is 2. The van der Waals surface area contributed by atoms with Crippen LogP contribution >= 0.6 is 23.2 Å². The highest BCUT2D eigenvalue weighted by Gasteiger charge is 2.41. The molecule has 2 saturated heterocycles. The van der Waals surface area contributed by atoms with Gasteiger partial charge in [-0.25, -0.2) is 4.98 Å². The Balaban J connectivity index is 1.28. The van der Waals surface area contributed by atoms with E-state index in [4.69, 9.17) is 44.1 Å². The summed E-state index contributed by atoms with van der Waals surface area (Å²) >= 11 is 12.6. The van der Waals surface area contributed by atoms with Gasteiger partial charge < -0.3 is 20.3 Å². The quantitative estimate of drug-likeness (QED) is 0.296. The number of nitrogens with zero attached hydrogens (tertiary/aromatic N) is 4. The number of benzene rings is 1. The average Bonchev–Trinajstić information content (AvgIpc) is 3.24. The lowest BCUT2D eigenvalue weighted by Crippen LogP contribution is -2.50. The molecular formula is C28H32Cl2N6O. The largest absolute Gasteiger partial charge is 0.486 e. The number of halogens is 2. The summed E-state index contributed by atoms with van der Waals surface area (Å²) in [5.41, 5.74) is 9.35. The normalized spacial score (nSPS) is 18.2. The predicted octanol–water partition coefficient (Wildman–Crippen LogP) is 5.99. The minimum atomic E-state index is -0.415. The molecule has 0 bridgehead atoms. The number of hydrogen-bond donors (Lipinski definition) is 2. The monoisotopic (exact) mass is 538 g/mol. The van der Waals surface area contributed by atoms with Crippen LogP contribution < -0.4 is 15.4 Å². The number of nitrogens with one attached hydrogen (secondary N) is 1. The van der Waals surface area contributed by atoms with Crippen molar-refractivity contribution < 1.29 is 4.74 Å². The molecule has 0 radical (unpaired) electrons. The van der Waals surface area contributed by atoms with E-state index in [2.05, 4.69) is 21.8 Å². The van der Waals surface area contributed by atoms with Gasteiger partial charge in [-0.05, 0) is 76.5 Å². The molecule has 4 heterocycles. The Morgan fingerprint density at radius 1 is 1.05 bits per heavy atom. The lowest BCUT2D eigenvalue weighted by Gasteiger charge is -2.44. The summed E-state index contributed by atoms with van der Waals surface area (Å²) in [6, 6.07) is 9.24. The van der Waals surface area contributed by atoms with E-state index in [1.165, 1.54) is 32.2 Å². The number of nitrogens with two attached hydrogens (primary N) is 1. The van der Waals surface area contributed by atoms with Gasteiger partial charge in [-0.2, -0.15) is 0 Å². The summed E-state index contributed by atoms with van der Waals surface area (Å²) in [7, 11) is 2.26. The van der Waals surface area contributed by atoms with Gasteiger partial charge in [-0.15, -0.1) is 0 Å². The fraction of sp³-hybridized carbons (Fsp3) is 0.393. The smallest absolute Gasteiger partial charge is 0.128 e. The molecule has 5 rings (SSSR count). The molecule has 0 amide bonds. The van der Waals surface area contributed by atoms with Crippen molar-refractivity contribution >= 4 is 40.4 Å². The highest BCUT2D eigenvalue weighted by atomic mass is 35.5. The van der Waals surface area contributed by atoms with Crippen molar-refractivity contribution in [2.45, 2.75) is 44.2 Å². The van der Waals surface area contributed by atoms with E-state index < -0.39 is 6.10 Å². The second-order valence-electron chi connectivity index (χ2n) is 10.0. The second kappa shape index (κ2) is 10.5. The zero-order valence-corrected chi connectivity index (χ0v) is 22.7. The maximum absolute atomic E-state index is 8.82. The average molecular weight is 540 g/mol. The molecule has 2 fully saturated rings. The van der Waals surface area contributed by atoms with Gasteiger partial charge in [0.25, 0.3) is 0 Å². The number of likely N-dealkylation sites (tertiary alicyclic amines) is 1. The van der Waals surface area contributed by atoms with Gasteiger partial charge in [-0.3, -0.25) is 10.4 Å². The van der Waals surface area contributed by atoms with Gasteiger partial charge in [0.2, 0.25) is 0 Å². The number of piperidine rings is 1. The van der Waals surface area contributed by atoms with Crippen molar-refractivity contribution in [1.29, 1.82) is 5.41 Å². The number of nitrogen functional groups attached to an aromatic ring is 1. The van der Waals surface area contributed by atoms with Crippen LogP contribution in [0.4, 0.5) is 11.5 Å². The molecule has 194 valence electrons. The van der Waals surface area contributed by atoms with Crippen molar-refractivity contribution in [3.63, 3.8) is 0 Å². The van der Waals surface area contributed by atoms with Crippen LogP contribution in [0.2, 0.25) is 10.0 Å². The first-order valence-electron chi connectivity index (χ1n) is 12.6. The molecule has 2 aliphatic rings. The van der Waals surface area contributed by atoms with E-state index in [9.17, 15) is 0 Å². The van der Waals surface area contributed by atoms with Gasteiger partial charge in [-0.1, -0.05) is 23.2 Å².